The third-order valence-electron chi connectivity index (χ3n) is 6.44. The van der Waals surface area contributed by atoms with Crippen molar-refractivity contribution in [1.29, 1.82) is 0 Å². The van der Waals surface area contributed by atoms with Gasteiger partial charge in [0.15, 0.2) is 14.1 Å². The highest BCUT2D eigenvalue weighted by Crippen LogP contribution is 2.25. The van der Waals surface area contributed by atoms with Crippen LogP contribution in [0, 0.1) is 12.8 Å². The minimum Gasteiger partial charge on any atom is -0.459 e. The summed E-state index contributed by atoms with van der Waals surface area (Å²) in [7, 11) is -1.65. The highest BCUT2D eigenvalue weighted by atomic mass is 28.4. The van der Waals surface area contributed by atoms with E-state index >= 15 is 0 Å². The highest BCUT2D eigenvalue weighted by Gasteiger charge is 2.35. The summed E-state index contributed by atoms with van der Waals surface area (Å²) < 4.78 is 14.0. The standard InChI is InChI=1S/C28H42N4O4Si/c1-7-8-17-37(5,6)35-16-15-31-14-13-26(30-31)29-28(34)24(18-21(2)3)32-20-23(19-27(32)33)36-25-12-10-9-11-22(25)4/h9-14,19,21,24H,7-8,15-18,20H2,1-6H3,(H,29,30,34)/t24-/m0/s1. The van der Waals surface area contributed by atoms with Crippen molar-refractivity contribution in [2.24, 2.45) is 5.92 Å². The molecule has 3 rings (SSSR count). The van der Waals surface area contributed by atoms with Gasteiger partial charge in [-0.15, -0.1) is 0 Å². The number of nitrogens with one attached hydrogen (secondary N) is 1. The second-order valence-corrected chi connectivity index (χ2v) is 15.1. The molecule has 2 amide bonds. The summed E-state index contributed by atoms with van der Waals surface area (Å²) in [6.45, 7) is 14.2. The Morgan fingerprint density at radius 2 is 1.97 bits per heavy atom. The Balaban J connectivity index is 1.59. The molecule has 0 radical (unpaired) electrons. The maximum atomic E-state index is 13.3. The van der Waals surface area contributed by atoms with Gasteiger partial charge in [0.25, 0.3) is 5.91 Å². The van der Waals surface area contributed by atoms with E-state index in [-0.39, 0.29) is 24.3 Å². The summed E-state index contributed by atoms with van der Waals surface area (Å²) in [5.74, 6) is 1.47. The number of hydrogen-bond donors (Lipinski definition) is 1. The van der Waals surface area contributed by atoms with Crippen molar-refractivity contribution < 1.29 is 18.8 Å². The predicted octanol–water partition coefficient (Wildman–Crippen LogP) is 5.37. The van der Waals surface area contributed by atoms with Crippen molar-refractivity contribution in [2.75, 3.05) is 18.5 Å². The van der Waals surface area contributed by atoms with Gasteiger partial charge in [0, 0.05) is 18.3 Å². The molecule has 2 heterocycles. The van der Waals surface area contributed by atoms with Crippen LogP contribution in [0.25, 0.3) is 0 Å². The summed E-state index contributed by atoms with van der Waals surface area (Å²) in [6, 6.07) is 9.98. The van der Waals surface area contributed by atoms with Crippen molar-refractivity contribution in [3.8, 4) is 5.75 Å². The highest BCUT2D eigenvalue weighted by molar-refractivity contribution is 6.71. The van der Waals surface area contributed by atoms with Crippen LogP contribution in [-0.2, 0) is 20.6 Å². The first-order valence-electron chi connectivity index (χ1n) is 13.3. The molecular formula is C28H42N4O4Si. The van der Waals surface area contributed by atoms with Gasteiger partial charge in [-0.1, -0.05) is 51.8 Å². The van der Waals surface area contributed by atoms with Crippen LogP contribution in [0.4, 0.5) is 5.82 Å². The number of benzene rings is 1. The van der Waals surface area contributed by atoms with Gasteiger partial charge < -0.3 is 19.4 Å². The molecule has 202 valence electrons. The van der Waals surface area contributed by atoms with Crippen molar-refractivity contribution in [2.45, 2.75) is 78.7 Å². The fourth-order valence-corrected chi connectivity index (χ4v) is 6.32. The molecule has 1 atom stereocenters. The van der Waals surface area contributed by atoms with E-state index < -0.39 is 14.4 Å². The molecule has 1 N–H and O–H groups in total. The molecule has 0 unspecified atom stereocenters. The van der Waals surface area contributed by atoms with E-state index in [1.165, 1.54) is 18.9 Å². The molecule has 0 aliphatic carbocycles. The lowest BCUT2D eigenvalue weighted by Crippen LogP contribution is -2.46. The Labute approximate surface area is 222 Å². The molecule has 8 nitrogen and oxygen atoms in total. The first-order valence-corrected chi connectivity index (χ1v) is 16.4. The number of nitrogens with zero attached hydrogens (tertiary/aromatic N) is 3. The number of carbonyl (C=O) groups is 2. The molecule has 0 saturated carbocycles. The van der Waals surface area contributed by atoms with E-state index in [1.807, 2.05) is 51.2 Å². The number of rotatable bonds is 14. The van der Waals surface area contributed by atoms with Crippen LogP contribution >= 0.6 is 0 Å². The fraction of sp³-hybridized carbons (Fsp3) is 0.536. The third kappa shape index (κ3) is 8.57. The summed E-state index contributed by atoms with van der Waals surface area (Å²) in [5, 5.41) is 7.41. The molecule has 1 aromatic heterocycles. The Hall–Kier alpha value is -2.91. The van der Waals surface area contributed by atoms with Crippen LogP contribution < -0.4 is 10.1 Å². The number of carbonyl (C=O) groups excluding carboxylic acids is 2. The third-order valence-corrected chi connectivity index (χ3v) is 8.98. The first kappa shape index (κ1) is 28.7. The van der Waals surface area contributed by atoms with Crippen molar-refractivity contribution in [1.82, 2.24) is 14.7 Å². The molecule has 0 bridgehead atoms. The van der Waals surface area contributed by atoms with Gasteiger partial charge in [0.2, 0.25) is 5.91 Å². The minimum absolute atomic E-state index is 0.220. The summed E-state index contributed by atoms with van der Waals surface area (Å²) in [4.78, 5) is 27.8. The average Bonchev–Trinajstić information content (AvgIpc) is 3.43. The maximum absolute atomic E-state index is 13.3. The van der Waals surface area contributed by atoms with Crippen molar-refractivity contribution in [3.05, 3.63) is 53.9 Å². The smallest absolute Gasteiger partial charge is 0.251 e. The normalized spacial score (nSPS) is 14.7. The molecule has 1 aliphatic rings. The molecule has 1 aromatic carbocycles. The van der Waals surface area contributed by atoms with Crippen LogP contribution in [0.3, 0.4) is 0 Å². The van der Waals surface area contributed by atoms with E-state index in [1.54, 1.807) is 15.6 Å². The van der Waals surface area contributed by atoms with Crippen LogP contribution in [0.5, 0.6) is 5.75 Å². The van der Waals surface area contributed by atoms with E-state index in [4.69, 9.17) is 9.16 Å². The zero-order valence-corrected chi connectivity index (χ0v) is 24.1. The van der Waals surface area contributed by atoms with Gasteiger partial charge in [-0.2, -0.15) is 5.10 Å². The van der Waals surface area contributed by atoms with Gasteiger partial charge in [-0.25, -0.2) is 0 Å². The summed E-state index contributed by atoms with van der Waals surface area (Å²) >= 11 is 0. The number of anilines is 1. The Morgan fingerprint density at radius 1 is 1.22 bits per heavy atom. The number of aryl methyl sites for hydroxylation is 1. The summed E-state index contributed by atoms with van der Waals surface area (Å²) in [6.07, 6.45) is 6.24. The lowest BCUT2D eigenvalue weighted by Gasteiger charge is -2.28. The maximum Gasteiger partial charge on any atom is 0.251 e. The Bertz CT molecular complexity index is 1100. The van der Waals surface area contributed by atoms with Gasteiger partial charge >= 0.3 is 0 Å². The SMILES string of the molecule is CCCC[Si](C)(C)OCCn1ccc(NC(=O)[C@H](CC(C)C)N2CC(Oc3ccccc3C)=CC2=O)n1. The Morgan fingerprint density at radius 3 is 2.68 bits per heavy atom. The molecular weight excluding hydrogens is 484 g/mol. The second kappa shape index (κ2) is 13.1. The van der Waals surface area contributed by atoms with E-state index in [9.17, 15) is 9.59 Å². The lowest BCUT2D eigenvalue weighted by atomic mass is 10.0. The van der Waals surface area contributed by atoms with Crippen molar-refractivity contribution >= 4 is 25.9 Å². The monoisotopic (exact) mass is 526 g/mol. The molecule has 0 saturated heterocycles. The van der Waals surface area contributed by atoms with Gasteiger partial charge in [0.05, 0.1) is 19.7 Å². The number of unbranched alkanes of at least 4 members (excludes halogenated alkanes) is 1. The number of amides is 2. The zero-order valence-electron chi connectivity index (χ0n) is 23.1. The molecule has 0 spiro atoms. The zero-order chi connectivity index (χ0) is 27.0. The molecule has 2 aromatic rings. The number of hydrogen-bond acceptors (Lipinski definition) is 5. The van der Waals surface area contributed by atoms with Crippen molar-refractivity contribution in [3.63, 3.8) is 0 Å². The second-order valence-electron chi connectivity index (χ2n) is 10.8. The quantitative estimate of drug-likeness (QED) is 0.335. The van der Waals surface area contributed by atoms with Crippen LogP contribution in [-0.4, -0.2) is 54.0 Å². The van der Waals surface area contributed by atoms with E-state index in [0.717, 1.165) is 11.6 Å². The number of para-hydroxylation sites is 1. The van der Waals surface area contributed by atoms with E-state index in [0.29, 0.717) is 36.9 Å². The molecule has 1 aliphatic heterocycles. The minimum atomic E-state index is -1.65. The predicted molar refractivity (Wildman–Crippen MR) is 149 cm³/mol. The van der Waals surface area contributed by atoms with Crippen LogP contribution in [0.15, 0.2) is 48.4 Å². The number of ether oxygens (including phenoxy) is 1. The lowest BCUT2D eigenvalue weighted by molar-refractivity contribution is -0.133. The van der Waals surface area contributed by atoms with Crippen LogP contribution in [0.2, 0.25) is 19.1 Å². The Kier molecular flexibility index (Phi) is 10.1. The van der Waals surface area contributed by atoms with Gasteiger partial charge in [0.1, 0.15) is 17.6 Å². The molecule has 9 heteroatoms. The van der Waals surface area contributed by atoms with Gasteiger partial charge in [-0.05, 0) is 50.0 Å². The molecule has 0 fully saturated rings. The number of aromatic nitrogens is 2. The topological polar surface area (TPSA) is 85.7 Å². The molecule has 37 heavy (non-hydrogen) atoms. The summed E-state index contributed by atoms with van der Waals surface area (Å²) in [5.41, 5.74) is 0.985. The van der Waals surface area contributed by atoms with E-state index in [2.05, 4.69) is 30.4 Å². The fourth-order valence-electron chi connectivity index (χ4n) is 4.32. The largest absolute Gasteiger partial charge is 0.459 e. The van der Waals surface area contributed by atoms with Crippen LogP contribution in [0.1, 0.15) is 45.6 Å². The first-order chi connectivity index (χ1) is 17.6. The average molecular weight is 527 g/mol. The van der Waals surface area contributed by atoms with Gasteiger partial charge in [-0.3, -0.25) is 14.3 Å².